The van der Waals surface area contributed by atoms with Crippen LogP contribution in [0.5, 0.6) is 11.5 Å². The maximum atomic E-state index is 12.9. The number of ether oxygens (including phenoxy) is 2. The lowest BCUT2D eigenvalue weighted by Crippen LogP contribution is -2.47. The number of benzene rings is 2. The van der Waals surface area contributed by atoms with Gasteiger partial charge in [-0.15, -0.1) is 0 Å². The fourth-order valence-corrected chi connectivity index (χ4v) is 4.39. The van der Waals surface area contributed by atoms with Crippen LogP contribution >= 0.6 is 11.6 Å². The first-order chi connectivity index (χ1) is 15.9. The summed E-state index contributed by atoms with van der Waals surface area (Å²) in [6.07, 6.45) is 3.40. The zero-order valence-corrected chi connectivity index (χ0v) is 18.9. The van der Waals surface area contributed by atoms with Gasteiger partial charge in [0.15, 0.2) is 17.2 Å². The predicted octanol–water partition coefficient (Wildman–Crippen LogP) is 2.15. The quantitative estimate of drug-likeness (QED) is 0.634. The van der Waals surface area contributed by atoms with Crippen LogP contribution in [0.25, 0.3) is 0 Å². The molecule has 1 atom stereocenters. The highest BCUT2D eigenvalue weighted by molar-refractivity contribution is 6.31. The Labute approximate surface area is 196 Å². The van der Waals surface area contributed by atoms with Gasteiger partial charge in [-0.05, 0) is 43.5 Å². The molecule has 1 fully saturated rings. The van der Waals surface area contributed by atoms with Gasteiger partial charge in [0.05, 0.1) is 10.6 Å². The summed E-state index contributed by atoms with van der Waals surface area (Å²) in [7, 11) is 2.06. The molecule has 0 radical (unpaired) electrons. The number of guanidine groups is 1. The number of amides is 1. The highest BCUT2D eigenvalue weighted by atomic mass is 35.5. The third-order valence-corrected chi connectivity index (χ3v) is 6.22. The molecular formula is C23H25ClN6O3. The fraction of sp³-hybridized carbons (Fsp3) is 0.304. The van der Waals surface area contributed by atoms with E-state index in [9.17, 15) is 4.79 Å². The van der Waals surface area contributed by atoms with Gasteiger partial charge in [0, 0.05) is 43.6 Å². The normalized spacial score (nSPS) is 22.0. The zero-order valence-electron chi connectivity index (χ0n) is 18.2. The number of carbonyl (C=O) groups is 1. The Bertz CT molecular complexity index is 1150. The van der Waals surface area contributed by atoms with Crippen molar-refractivity contribution in [1.82, 2.24) is 15.1 Å². The van der Waals surface area contributed by atoms with Crippen molar-refractivity contribution in [2.24, 2.45) is 10.7 Å². The number of hydrogen-bond acceptors (Lipinski definition) is 8. The van der Waals surface area contributed by atoms with Crippen LogP contribution in [0.1, 0.15) is 15.9 Å². The van der Waals surface area contributed by atoms with E-state index in [0.717, 1.165) is 26.2 Å². The standard InChI is InChI=1S/C23H25ClN6O3/c1-29-9-11-30(12-10-29)21(31)15-3-2-4-16(13-15)27-22-26-8-7-23(25,28-22)19-17(24)5-6-18-20(19)33-14-32-18/h2-8,13H,9-12,14,25H2,1H3,(H2,26,27,28). The minimum atomic E-state index is -1.27. The van der Waals surface area contributed by atoms with Crippen molar-refractivity contribution >= 4 is 29.2 Å². The van der Waals surface area contributed by atoms with Crippen molar-refractivity contribution in [2.45, 2.75) is 5.66 Å². The monoisotopic (exact) mass is 468 g/mol. The third kappa shape index (κ3) is 4.22. The molecule has 0 aromatic heterocycles. The van der Waals surface area contributed by atoms with Crippen LogP contribution < -0.4 is 25.8 Å². The molecule has 5 rings (SSSR count). The number of anilines is 1. The van der Waals surface area contributed by atoms with E-state index in [0.29, 0.717) is 39.3 Å². The first kappa shape index (κ1) is 21.6. The number of nitrogens with zero attached hydrogens (tertiary/aromatic N) is 3. The number of aliphatic imine (C=N–C) groups is 1. The van der Waals surface area contributed by atoms with Gasteiger partial charge in [0.1, 0.15) is 0 Å². The lowest BCUT2D eigenvalue weighted by Gasteiger charge is -2.32. The predicted molar refractivity (Wildman–Crippen MR) is 127 cm³/mol. The van der Waals surface area contributed by atoms with E-state index in [4.69, 9.17) is 26.8 Å². The van der Waals surface area contributed by atoms with Gasteiger partial charge in [-0.1, -0.05) is 17.7 Å². The molecule has 4 N–H and O–H groups in total. The van der Waals surface area contributed by atoms with E-state index in [1.54, 1.807) is 24.4 Å². The summed E-state index contributed by atoms with van der Waals surface area (Å²) in [5, 5.41) is 6.70. The summed E-state index contributed by atoms with van der Waals surface area (Å²) in [4.78, 5) is 21.7. The summed E-state index contributed by atoms with van der Waals surface area (Å²) in [6, 6.07) is 10.8. The van der Waals surface area contributed by atoms with Gasteiger partial charge in [-0.2, -0.15) is 0 Å². The van der Waals surface area contributed by atoms with Crippen LogP contribution in [-0.4, -0.2) is 61.7 Å². The van der Waals surface area contributed by atoms with Gasteiger partial charge in [-0.3, -0.25) is 10.5 Å². The van der Waals surface area contributed by atoms with Gasteiger partial charge in [0.2, 0.25) is 12.8 Å². The van der Waals surface area contributed by atoms with Crippen LogP contribution in [-0.2, 0) is 5.66 Å². The maximum absolute atomic E-state index is 12.9. The smallest absolute Gasteiger partial charge is 0.254 e. The van der Waals surface area contributed by atoms with Gasteiger partial charge >= 0.3 is 0 Å². The van der Waals surface area contributed by atoms with Crippen molar-refractivity contribution in [3.63, 3.8) is 0 Å². The Morgan fingerprint density at radius 3 is 2.85 bits per heavy atom. The van der Waals surface area contributed by atoms with Crippen molar-refractivity contribution in [2.75, 3.05) is 45.3 Å². The molecule has 0 saturated carbocycles. The van der Waals surface area contributed by atoms with Crippen LogP contribution in [0, 0.1) is 0 Å². The molecule has 2 aromatic rings. The highest BCUT2D eigenvalue weighted by Crippen LogP contribution is 2.45. The molecule has 3 aliphatic rings. The number of fused-ring (bicyclic) bond motifs is 1. The molecule has 3 aliphatic heterocycles. The highest BCUT2D eigenvalue weighted by Gasteiger charge is 2.36. The van der Waals surface area contributed by atoms with Crippen molar-refractivity contribution in [3.8, 4) is 11.5 Å². The number of nitrogens with one attached hydrogen (secondary N) is 2. The summed E-state index contributed by atoms with van der Waals surface area (Å²) < 4.78 is 11.1. The topological polar surface area (TPSA) is 104 Å². The van der Waals surface area contributed by atoms with Crippen molar-refractivity contribution in [3.05, 3.63) is 64.8 Å². The Hall–Kier alpha value is -3.27. The molecule has 1 unspecified atom stereocenters. The Morgan fingerprint density at radius 2 is 2.03 bits per heavy atom. The minimum absolute atomic E-state index is 0.0159. The molecule has 9 nitrogen and oxygen atoms in total. The number of nitrogens with two attached hydrogens (primary N) is 1. The third-order valence-electron chi connectivity index (χ3n) is 5.91. The average molecular weight is 469 g/mol. The average Bonchev–Trinajstić information content (AvgIpc) is 3.27. The van der Waals surface area contributed by atoms with Crippen molar-refractivity contribution < 1.29 is 14.3 Å². The Balaban J connectivity index is 1.38. The van der Waals surface area contributed by atoms with E-state index in [2.05, 4.69) is 27.6 Å². The summed E-state index contributed by atoms with van der Waals surface area (Å²) >= 11 is 6.47. The molecule has 33 heavy (non-hydrogen) atoms. The molecule has 10 heteroatoms. The van der Waals surface area contributed by atoms with E-state index < -0.39 is 5.66 Å². The van der Waals surface area contributed by atoms with E-state index in [1.165, 1.54) is 0 Å². The Kier molecular flexibility index (Phi) is 5.61. The van der Waals surface area contributed by atoms with Crippen LogP contribution in [0.15, 0.2) is 53.7 Å². The number of likely N-dealkylation sites (N-methyl/N-ethyl adjacent to an activating group) is 1. The lowest BCUT2D eigenvalue weighted by molar-refractivity contribution is 0.0664. The van der Waals surface area contributed by atoms with Crippen LogP contribution in [0.3, 0.4) is 0 Å². The second-order valence-electron chi connectivity index (χ2n) is 8.22. The number of carbonyl (C=O) groups excluding carboxylic acids is 1. The van der Waals surface area contributed by atoms with E-state index >= 15 is 0 Å². The number of hydrogen-bond donors (Lipinski definition) is 3. The molecular weight excluding hydrogens is 444 g/mol. The first-order valence-electron chi connectivity index (χ1n) is 10.7. The van der Waals surface area contributed by atoms with Gasteiger partial charge in [0.25, 0.3) is 5.91 Å². The summed E-state index contributed by atoms with van der Waals surface area (Å²) in [5.41, 5.74) is 7.23. The minimum Gasteiger partial charge on any atom is -0.454 e. The summed E-state index contributed by atoms with van der Waals surface area (Å²) in [5.74, 6) is 1.49. The molecule has 1 amide bonds. The van der Waals surface area contributed by atoms with Crippen LogP contribution in [0.2, 0.25) is 5.02 Å². The second kappa shape index (κ2) is 8.58. The zero-order chi connectivity index (χ0) is 23.0. The fourth-order valence-electron chi connectivity index (χ4n) is 4.09. The second-order valence-corrected chi connectivity index (χ2v) is 8.63. The van der Waals surface area contributed by atoms with E-state index in [-0.39, 0.29) is 12.7 Å². The maximum Gasteiger partial charge on any atom is 0.254 e. The van der Waals surface area contributed by atoms with Gasteiger partial charge in [-0.25, -0.2) is 4.99 Å². The number of piperazine rings is 1. The first-order valence-corrected chi connectivity index (χ1v) is 11.1. The SMILES string of the molecule is CN1CCN(C(=O)c2cccc(NC3=NC(N)(c4c(Cl)ccc5c4OCO5)C=CN3)c2)CC1. The molecule has 1 saturated heterocycles. The molecule has 0 aliphatic carbocycles. The largest absolute Gasteiger partial charge is 0.454 e. The molecule has 0 spiro atoms. The van der Waals surface area contributed by atoms with Gasteiger partial charge < -0.3 is 29.9 Å². The lowest BCUT2D eigenvalue weighted by atomic mass is 9.98. The molecule has 2 aromatic carbocycles. The van der Waals surface area contributed by atoms with E-state index in [1.807, 2.05) is 29.2 Å². The number of halogens is 1. The van der Waals surface area contributed by atoms with Crippen LogP contribution in [0.4, 0.5) is 5.69 Å². The molecule has 3 heterocycles. The molecule has 172 valence electrons. The number of rotatable bonds is 3. The molecule has 0 bridgehead atoms. The van der Waals surface area contributed by atoms with Crippen molar-refractivity contribution in [1.29, 1.82) is 0 Å². The Morgan fingerprint density at radius 1 is 1.21 bits per heavy atom. The summed E-state index contributed by atoms with van der Waals surface area (Å²) in [6.45, 7) is 3.28.